The molecule has 0 amide bonds. The molecule has 14 heavy (non-hydrogen) atoms. The first-order valence-corrected chi connectivity index (χ1v) is 5.18. The van der Waals surface area contributed by atoms with Gasteiger partial charge in [0.2, 0.25) is 0 Å². The van der Waals surface area contributed by atoms with Crippen LogP contribution in [0.2, 0.25) is 0 Å². The van der Waals surface area contributed by atoms with Gasteiger partial charge in [0.1, 0.15) is 0 Å². The minimum atomic E-state index is -1.10. The standard InChI is InChI=1S/C4H10O2.C4H10O.C2H6O/c1-2-3-4(5)6;1-2-3-4-5;1-2-3/h4-6H,2-3H2,1H3;5H,2-4H2,1H3;3H,2H2,1H3. The van der Waals surface area contributed by atoms with E-state index in [2.05, 4.69) is 6.92 Å². The Kier molecular flexibility index (Phi) is 31.9. The van der Waals surface area contributed by atoms with E-state index in [0.717, 1.165) is 19.3 Å². The number of aliphatic hydroxyl groups excluding tert-OH is 3. The van der Waals surface area contributed by atoms with Crippen molar-refractivity contribution in [2.45, 2.75) is 52.7 Å². The molecule has 0 aliphatic heterocycles. The topological polar surface area (TPSA) is 80.9 Å². The first kappa shape index (κ1) is 19.4. The number of aliphatic hydroxyl groups is 4. The first-order valence-electron chi connectivity index (χ1n) is 5.18. The second-order valence-corrected chi connectivity index (χ2v) is 2.66. The predicted octanol–water partition coefficient (Wildman–Crippen LogP) is 0.875. The lowest BCUT2D eigenvalue weighted by molar-refractivity contribution is -0.0453. The molecular weight excluding hydrogens is 184 g/mol. The molecule has 0 aromatic rings. The third kappa shape index (κ3) is 59.4. The van der Waals surface area contributed by atoms with E-state index >= 15 is 0 Å². The molecule has 90 valence electrons. The van der Waals surface area contributed by atoms with Crippen LogP contribution in [-0.4, -0.2) is 39.9 Å². The zero-order valence-corrected chi connectivity index (χ0v) is 9.61. The molecule has 0 atom stereocenters. The van der Waals surface area contributed by atoms with Crippen molar-refractivity contribution in [1.82, 2.24) is 0 Å². The van der Waals surface area contributed by atoms with Gasteiger partial charge in [-0.2, -0.15) is 0 Å². The first-order chi connectivity index (χ1) is 6.60. The molecule has 0 saturated carbocycles. The molecule has 4 nitrogen and oxygen atoms in total. The highest BCUT2D eigenvalue weighted by Gasteiger charge is 1.89. The van der Waals surface area contributed by atoms with Crippen molar-refractivity contribution in [3.8, 4) is 0 Å². The van der Waals surface area contributed by atoms with Gasteiger partial charge in [-0.3, -0.25) is 0 Å². The van der Waals surface area contributed by atoms with Crippen LogP contribution >= 0.6 is 0 Å². The van der Waals surface area contributed by atoms with Crippen LogP contribution < -0.4 is 0 Å². The van der Waals surface area contributed by atoms with Gasteiger partial charge in [0, 0.05) is 13.2 Å². The van der Waals surface area contributed by atoms with Crippen LogP contribution in [0.3, 0.4) is 0 Å². The van der Waals surface area contributed by atoms with Crippen LogP contribution in [-0.2, 0) is 0 Å². The van der Waals surface area contributed by atoms with Crippen molar-refractivity contribution in [2.75, 3.05) is 13.2 Å². The molecule has 0 spiro atoms. The quantitative estimate of drug-likeness (QED) is 0.519. The van der Waals surface area contributed by atoms with E-state index in [4.69, 9.17) is 20.4 Å². The molecule has 0 aromatic heterocycles. The molecule has 0 rings (SSSR count). The molecule has 0 aliphatic rings. The Morgan fingerprint density at radius 1 is 0.929 bits per heavy atom. The third-order valence-corrected chi connectivity index (χ3v) is 1.06. The second-order valence-electron chi connectivity index (χ2n) is 2.66. The van der Waals surface area contributed by atoms with Crippen LogP contribution in [0.25, 0.3) is 0 Å². The number of hydrogen-bond donors (Lipinski definition) is 4. The molecule has 4 N–H and O–H groups in total. The molecular formula is C10H26O4. The summed E-state index contributed by atoms with van der Waals surface area (Å²) in [5.74, 6) is 0. The van der Waals surface area contributed by atoms with Crippen LogP contribution in [0.1, 0.15) is 46.5 Å². The molecule has 0 saturated heterocycles. The molecule has 0 aliphatic carbocycles. The van der Waals surface area contributed by atoms with Gasteiger partial charge in [-0.05, 0) is 19.8 Å². The summed E-state index contributed by atoms with van der Waals surface area (Å²) in [6.45, 7) is 6.23. The predicted molar refractivity (Wildman–Crippen MR) is 57.9 cm³/mol. The van der Waals surface area contributed by atoms with Gasteiger partial charge in [0.15, 0.2) is 6.29 Å². The minimum absolute atomic E-state index is 0.250. The van der Waals surface area contributed by atoms with E-state index in [1.165, 1.54) is 0 Å². The lowest BCUT2D eigenvalue weighted by Crippen LogP contribution is -2.01. The van der Waals surface area contributed by atoms with E-state index < -0.39 is 6.29 Å². The number of rotatable bonds is 4. The van der Waals surface area contributed by atoms with Crippen molar-refractivity contribution in [3.63, 3.8) is 0 Å². The number of unbranched alkanes of at least 4 members (excludes halogenated alkanes) is 1. The zero-order valence-electron chi connectivity index (χ0n) is 9.61. The smallest absolute Gasteiger partial charge is 0.151 e. The fourth-order valence-corrected chi connectivity index (χ4v) is 0.416. The summed E-state index contributed by atoms with van der Waals surface area (Å²) in [6, 6.07) is 0. The fourth-order valence-electron chi connectivity index (χ4n) is 0.416. The zero-order chi connectivity index (χ0) is 11.8. The summed E-state index contributed by atoms with van der Waals surface area (Å²) in [7, 11) is 0. The van der Waals surface area contributed by atoms with Crippen LogP contribution in [0, 0.1) is 0 Å². The molecule has 0 fully saturated rings. The van der Waals surface area contributed by atoms with E-state index in [1.807, 2.05) is 6.92 Å². The minimum Gasteiger partial charge on any atom is -0.397 e. The summed E-state index contributed by atoms with van der Waals surface area (Å²) < 4.78 is 0. The summed E-state index contributed by atoms with van der Waals surface area (Å²) in [5.41, 5.74) is 0. The fraction of sp³-hybridized carbons (Fsp3) is 1.00. The van der Waals surface area contributed by atoms with Gasteiger partial charge in [-0.15, -0.1) is 0 Å². The third-order valence-electron chi connectivity index (χ3n) is 1.06. The van der Waals surface area contributed by atoms with Crippen molar-refractivity contribution < 1.29 is 20.4 Å². The van der Waals surface area contributed by atoms with E-state index in [1.54, 1.807) is 6.92 Å². The molecule has 0 heterocycles. The highest BCUT2D eigenvalue weighted by atomic mass is 16.5. The van der Waals surface area contributed by atoms with Crippen molar-refractivity contribution in [1.29, 1.82) is 0 Å². The SMILES string of the molecule is CCCC(O)O.CCCCO.CCO. The van der Waals surface area contributed by atoms with Crippen molar-refractivity contribution >= 4 is 0 Å². The van der Waals surface area contributed by atoms with E-state index in [-0.39, 0.29) is 6.61 Å². The lowest BCUT2D eigenvalue weighted by atomic mass is 10.3. The Morgan fingerprint density at radius 2 is 1.36 bits per heavy atom. The van der Waals surface area contributed by atoms with E-state index in [0.29, 0.717) is 13.0 Å². The van der Waals surface area contributed by atoms with Crippen LogP contribution in [0.4, 0.5) is 0 Å². The molecule has 0 aromatic carbocycles. The van der Waals surface area contributed by atoms with Crippen molar-refractivity contribution in [3.05, 3.63) is 0 Å². The van der Waals surface area contributed by atoms with Crippen LogP contribution in [0.15, 0.2) is 0 Å². The van der Waals surface area contributed by atoms with Crippen LogP contribution in [0.5, 0.6) is 0 Å². The van der Waals surface area contributed by atoms with Gasteiger partial charge in [0.05, 0.1) is 0 Å². The molecule has 0 radical (unpaired) electrons. The summed E-state index contributed by atoms with van der Waals surface area (Å²) in [5, 5.41) is 31.9. The summed E-state index contributed by atoms with van der Waals surface area (Å²) >= 11 is 0. The Hall–Kier alpha value is -0.160. The highest BCUT2D eigenvalue weighted by molar-refractivity contribution is 4.31. The van der Waals surface area contributed by atoms with Gasteiger partial charge in [-0.25, -0.2) is 0 Å². The summed E-state index contributed by atoms with van der Waals surface area (Å²) in [4.78, 5) is 0. The van der Waals surface area contributed by atoms with Gasteiger partial charge in [0.25, 0.3) is 0 Å². The van der Waals surface area contributed by atoms with Gasteiger partial charge < -0.3 is 20.4 Å². The second kappa shape index (κ2) is 23.0. The molecule has 0 unspecified atom stereocenters. The normalized spacial score (nSPS) is 8.57. The Bertz CT molecular complexity index is 65.1. The molecule has 0 bridgehead atoms. The average molecular weight is 210 g/mol. The summed E-state index contributed by atoms with van der Waals surface area (Å²) in [6.07, 6.45) is 2.25. The van der Waals surface area contributed by atoms with E-state index in [9.17, 15) is 0 Å². The monoisotopic (exact) mass is 210 g/mol. The maximum atomic E-state index is 8.11. The molecule has 4 heteroatoms. The van der Waals surface area contributed by atoms with Gasteiger partial charge >= 0.3 is 0 Å². The average Bonchev–Trinajstić information content (AvgIpc) is 2.07. The lowest BCUT2D eigenvalue weighted by Gasteiger charge is -1.94. The number of hydrogen-bond acceptors (Lipinski definition) is 4. The maximum Gasteiger partial charge on any atom is 0.151 e. The highest BCUT2D eigenvalue weighted by Crippen LogP contribution is 1.88. The Morgan fingerprint density at radius 3 is 1.36 bits per heavy atom. The van der Waals surface area contributed by atoms with Crippen molar-refractivity contribution in [2.24, 2.45) is 0 Å². The Labute approximate surface area is 87.2 Å². The Balaban J connectivity index is -0.000000138. The van der Waals surface area contributed by atoms with Gasteiger partial charge in [-0.1, -0.05) is 26.7 Å². The maximum absolute atomic E-state index is 8.11. The largest absolute Gasteiger partial charge is 0.397 e.